The summed E-state index contributed by atoms with van der Waals surface area (Å²) >= 11 is 0. The Morgan fingerprint density at radius 1 is 1.13 bits per heavy atom. The summed E-state index contributed by atoms with van der Waals surface area (Å²) in [5, 5.41) is 10.9. The van der Waals surface area contributed by atoms with Crippen molar-refractivity contribution in [2.24, 2.45) is 0 Å². The van der Waals surface area contributed by atoms with E-state index in [1.54, 1.807) is 17.0 Å². The highest BCUT2D eigenvalue weighted by atomic mass is 16.5. The number of nitrogens with zero attached hydrogens (tertiary/aromatic N) is 3. The van der Waals surface area contributed by atoms with Gasteiger partial charge in [-0.15, -0.1) is 0 Å². The van der Waals surface area contributed by atoms with Crippen LogP contribution in [0.5, 0.6) is 5.75 Å². The van der Waals surface area contributed by atoms with Crippen LogP contribution in [-0.4, -0.2) is 65.4 Å². The van der Waals surface area contributed by atoms with Gasteiger partial charge in [0.15, 0.2) is 0 Å². The van der Waals surface area contributed by atoms with Gasteiger partial charge in [0.05, 0.1) is 18.2 Å². The summed E-state index contributed by atoms with van der Waals surface area (Å²) < 4.78 is 5.51. The highest BCUT2D eigenvalue weighted by molar-refractivity contribution is 6.46. The number of ketones is 1. The first-order chi connectivity index (χ1) is 14.4. The summed E-state index contributed by atoms with van der Waals surface area (Å²) in [6, 6.07) is 9.86. The van der Waals surface area contributed by atoms with Gasteiger partial charge in [0.25, 0.3) is 11.7 Å². The number of amides is 1. The molecular formula is C23H27N3O4. The molecule has 1 fully saturated rings. The fraction of sp³-hybridized carbons (Fsp3) is 0.348. The molecule has 158 valence electrons. The third-order valence-electron chi connectivity index (χ3n) is 5.00. The van der Waals surface area contributed by atoms with E-state index in [9.17, 15) is 14.7 Å². The Morgan fingerprint density at radius 3 is 2.40 bits per heavy atom. The monoisotopic (exact) mass is 409 g/mol. The second kappa shape index (κ2) is 9.54. The molecule has 1 aliphatic rings. The van der Waals surface area contributed by atoms with Crippen molar-refractivity contribution >= 4 is 17.4 Å². The second-order valence-electron chi connectivity index (χ2n) is 7.39. The quantitative estimate of drug-likeness (QED) is 0.410. The normalized spacial score (nSPS) is 18.3. The molecule has 7 heteroatoms. The van der Waals surface area contributed by atoms with E-state index >= 15 is 0 Å². The minimum Gasteiger partial charge on any atom is -0.507 e. The number of ether oxygens (including phenoxy) is 1. The molecule has 1 amide bonds. The van der Waals surface area contributed by atoms with Gasteiger partial charge in [-0.1, -0.05) is 12.1 Å². The molecule has 1 saturated heterocycles. The van der Waals surface area contributed by atoms with Crippen molar-refractivity contribution in [3.05, 3.63) is 65.5 Å². The SMILES string of the molecule is CCOc1ccc([C@@H]2/C(=C(\O)c3ccncc3)C(=O)C(=O)N2CCCN(C)C)cc1. The summed E-state index contributed by atoms with van der Waals surface area (Å²) in [5.74, 6) is -0.749. The van der Waals surface area contributed by atoms with Crippen molar-refractivity contribution in [1.29, 1.82) is 0 Å². The Hall–Kier alpha value is -3.19. The molecule has 7 nitrogen and oxygen atoms in total. The van der Waals surface area contributed by atoms with Crippen molar-refractivity contribution in [3.8, 4) is 5.75 Å². The Balaban J connectivity index is 2.05. The van der Waals surface area contributed by atoms with Crippen LogP contribution in [-0.2, 0) is 9.59 Å². The number of hydrogen-bond acceptors (Lipinski definition) is 6. The number of likely N-dealkylation sites (tertiary alicyclic amines) is 1. The van der Waals surface area contributed by atoms with E-state index in [4.69, 9.17) is 4.74 Å². The number of carbonyl (C=O) groups excluding carboxylic acids is 2. The summed E-state index contributed by atoms with van der Waals surface area (Å²) in [6.07, 6.45) is 3.78. The summed E-state index contributed by atoms with van der Waals surface area (Å²) in [5.41, 5.74) is 1.30. The molecule has 30 heavy (non-hydrogen) atoms. The molecule has 1 aromatic heterocycles. The summed E-state index contributed by atoms with van der Waals surface area (Å²) in [6.45, 7) is 3.64. The average molecular weight is 409 g/mol. The molecule has 0 aliphatic carbocycles. The molecule has 1 atom stereocenters. The lowest BCUT2D eigenvalue weighted by atomic mass is 9.95. The van der Waals surface area contributed by atoms with E-state index in [2.05, 4.69) is 4.98 Å². The molecule has 0 unspecified atom stereocenters. The van der Waals surface area contributed by atoms with Crippen LogP contribution < -0.4 is 4.74 Å². The van der Waals surface area contributed by atoms with Gasteiger partial charge in [0, 0.05) is 24.5 Å². The molecule has 0 spiro atoms. The van der Waals surface area contributed by atoms with E-state index in [0.717, 1.165) is 12.1 Å². The molecule has 1 aromatic carbocycles. The van der Waals surface area contributed by atoms with Crippen LogP contribution in [0.2, 0.25) is 0 Å². The zero-order chi connectivity index (χ0) is 21.7. The number of hydrogen-bond donors (Lipinski definition) is 1. The lowest BCUT2D eigenvalue weighted by Gasteiger charge is -2.26. The van der Waals surface area contributed by atoms with E-state index in [0.29, 0.717) is 30.9 Å². The smallest absolute Gasteiger partial charge is 0.295 e. The van der Waals surface area contributed by atoms with E-state index in [1.807, 2.05) is 50.2 Å². The van der Waals surface area contributed by atoms with Gasteiger partial charge in [-0.2, -0.15) is 0 Å². The minimum atomic E-state index is -0.673. The Kier molecular flexibility index (Phi) is 6.84. The Bertz CT molecular complexity index is 923. The zero-order valence-electron chi connectivity index (χ0n) is 17.5. The first kappa shape index (κ1) is 21.5. The van der Waals surface area contributed by atoms with Gasteiger partial charge in [-0.05, 0) is 63.8 Å². The molecule has 0 saturated carbocycles. The first-order valence-electron chi connectivity index (χ1n) is 10.00. The predicted octanol–water partition coefficient (Wildman–Crippen LogP) is 2.85. The number of rotatable bonds is 8. The fourth-order valence-corrected chi connectivity index (χ4v) is 3.59. The molecule has 0 radical (unpaired) electrons. The lowest BCUT2D eigenvalue weighted by molar-refractivity contribution is -0.139. The minimum absolute atomic E-state index is 0.0974. The standard InChI is InChI=1S/C23H27N3O4/c1-4-30-18-8-6-16(7-9-18)20-19(21(27)17-10-12-24-13-11-17)22(28)23(29)26(20)15-5-14-25(2)3/h6-13,20,27H,4-5,14-15H2,1-3H3/b21-19+/t20-/m1/s1. The second-order valence-corrected chi connectivity index (χ2v) is 7.39. The molecule has 3 rings (SSSR count). The maximum absolute atomic E-state index is 12.9. The van der Waals surface area contributed by atoms with Crippen molar-refractivity contribution in [1.82, 2.24) is 14.8 Å². The summed E-state index contributed by atoms with van der Waals surface area (Å²) in [4.78, 5) is 33.3. The van der Waals surface area contributed by atoms with Crippen molar-refractivity contribution in [3.63, 3.8) is 0 Å². The molecule has 2 aromatic rings. The van der Waals surface area contributed by atoms with Crippen LogP contribution in [0.4, 0.5) is 0 Å². The number of aromatic nitrogens is 1. The van der Waals surface area contributed by atoms with Crippen molar-refractivity contribution in [2.45, 2.75) is 19.4 Å². The van der Waals surface area contributed by atoms with Gasteiger partial charge in [-0.25, -0.2) is 0 Å². The van der Waals surface area contributed by atoms with E-state index in [-0.39, 0.29) is 11.3 Å². The van der Waals surface area contributed by atoms with E-state index in [1.165, 1.54) is 12.4 Å². The average Bonchev–Trinajstić information content (AvgIpc) is 2.99. The van der Waals surface area contributed by atoms with Crippen LogP contribution in [0.15, 0.2) is 54.4 Å². The Labute approximate surface area is 176 Å². The van der Waals surface area contributed by atoms with E-state index < -0.39 is 17.7 Å². The Morgan fingerprint density at radius 2 is 1.80 bits per heavy atom. The van der Waals surface area contributed by atoms with Crippen LogP contribution >= 0.6 is 0 Å². The molecule has 2 heterocycles. The van der Waals surface area contributed by atoms with Gasteiger partial charge >= 0.3 is 0 Å². The number of aliphatic hydroxyl groups is 1. The molecule has 0 bridgehead atoms. The maximum Gasteiger partial charge on any atom is 0.295 e. The van der Waals surface area contributed by atoms with Crippen molar-refractivity contribution in [2.75, 3.05) is 33.8 Å². The number of aliphatic hydroxyl groups excluding tert-OH is 1. The number of carbonyl (C=O) groups is 2. The highest BCUT2D eigenvalue weighted by Gasteiger charge is 2.45. The fourth-order valence-electron chi connectivity index (χ4n) is 3.59. The van der Waals surface area contributed by atoms with Gasteiger partial charge in [0.2, 0.25) is 0 Å². The predicted molar refractivity (Wildman–Crippen MR) is 114 cm³/mol. The number of benzene rings is 1. The van der Waals surface area contributed by atoms with Crippen LogP contribution in [0.25, 0.3) is 5.76 Å². The van der Waals surface area contributed by atoms with Gasteiger partial charge in [-0.3, -0.25) is 14.6 Å². The number of Topliss-reactive ketones (excluding diaryl/α,β-unsaturated/α-hetero) is 1. The summed E-state index contributed by atoms with van der Waals surface area (Å²) in [7, 11) is 3.92. The third kappa shape index (κ3) is 4.52. The molecule has 1 aliphatic heterocycles. The van der Waals surface area contributed by atoms with Crippen LogP contribution in [0, 0.1) is 0 Å². The third-order valence-corrected chi connectivity index (χ3v) is 5.00. The molecular weight excluding hydrogens is 382 g/mol. The number of pyridine rings is 1. The largest absolute Gasteiger partial charge is 0.507 e. The van der Waals surface area contributed by atoms with Crippen LogP contribution in [0.1, 0.15) is 30.5 Å². The molecule has 1 N–H and O–H groups in total. The van der Waals surface area contributed by atoms with Gasteiger partial charge in [0.1, 0.15) is 11.5 Å². The maximum atomic E-state index is 12.9. The topological polar surface area (TPSA) is 83.0 Å². The van der Waals surface area contributed by atoms with Gasteiger partial charge < -0.3 is 19.6 Å². The zero-order valence-corrected chi connectivity index (χ0v) is 17.5. The van der Waals surface area contributed by atoms with Crippen LogP contribution in [0.3, 0.4) is 0 Å². The lowest BCUT2D eigenvalue weighted by Crippen LogP contribution is -2.32. The highest BCUT2D eigenvalue weighted by Crippen LogP contribution is 2.39. The van der Waals surface area contributed by atoms with Crippen molar-refractivity contribution < 1.29 is 19.4 Å². The first-order valence-corrected chi connectivity index (χ1v) is 10.00.